The summed E-state index contributed by atoms with van der Waals surface area (Å²) < 4.78 is 48.1. The molecule has 3 saturated heterocycles. The second kappa shape index (κ2) is 16.8. The number of carboxylic acids is 1. The van der Waals surface area contributed by atoms with Gasteiger partial charge in [-0.2, -0.15) is 0 Å². The van der Waals surface area contributed by atoms with Gasteiger partial charge < -0.3 is 43.4 Å². The third-order valence-electron chi connectivity index (χ3n) is 18.1. The first-order valence-electron chi connectivity index (χ1n) is 23.5. The number of carbonyl (C=O) groups is 2. The summed E-state index contributed by atoms with van der Waals surface area (Å²) in [5.74, 6) is -0.551. The van der Waals surface area contributed by atoms with Crippen LogP contribution in [0.1, 0.15) is 153 Å². The lowest BCUT2D eigenvalue weighted by Crippen LogP contribution is -2.64. The number of hydrogen-bond donors (Lipinski definition) is 2. The predicted octanol–water partition coefficient (Wildman–Crippen LogP) is 8.83. The highest BCUT2D eigenvalue weighted by Gasteiger charge is 2.69. The number of carbonyl (C=O) groups excluding carboxylic acids is 1. The summed E-state index contributed by atoms with van der Waals surface area (Å²) in [6.07, 6.45) is 4.05. The van der Waals surface area contributed by atoms with E-state index in [2.05, 4.69) is 62.3 Å². The third kappa shape index (κ3) is 7.58. The largest absolute Gasteiger partial charge is 0.481 e. The van der Waals surface area contributed by atoms with Crippen molar-refractivity contribution in [1.82, 2.24) is 0 Å². The molecule has 7 aliphatic rings. The summed E-state index contributed by atoms with van der Waals surface area (Å²) in [4.78, 5) is 25.4. The molecule has 0 aromatic rings. The lowest BCUT2D eigenvalue weighted by atomic mass is 9.41. The van der Waals surface area contributed by atoms with Gasteiger partial charge in [0.05, 0.1) is 35.4 Å². The van der Waals surface area contributed by atoms with Gasteiger partial charge in [0.2, 0.25) is 0 Å². The van der Waals surface area contributed by atoms with Gasteiger partial charge >= 0.3 is 11.9 Å². The van der Waals surface area contributed by atoms with Crippen molar-refractivity contribution >= 4 is 11.9 Å². The highest BCUT2D eigenvalue weighted by Crippen LogP contribution is 2.73. The van der Waals surface area contributed by atoms with Crippen LogP contribution >= 0.6 is 0 Å². The molecule has 21 atom stereocenters. The lowest BCUT2D eigenvalue weighted by molar-refractivity contribution is -0.387. The molecule has 2 bridgehead atoms. The number of aliphatic hydroxyl groups excluding tert-OH is 1. The zero-order valence-electron chi connectivity index (χ0n) is 38.1. The molecule has 11 nitrogen and oxygen atoms in total. The monoisotopic (exact) mass is 831 g/mol. The van der Waals surface area contributed by atoms with Crippen LogP contribution in [-0.4, -0.2) is 89.4 Å². The average molecular weight is 831 g/mol. The van der Waals surface area contributed by atoms with E-state index < -0.39 is 66.2 Å². The number of ether oxygens (including phenoxy) is 7. The highest BCUT2D eigenvalue weighted by atomic mass is 16.8. The van der Waals surface area contributed by atoms with Gasteiger partial charge in [-0.25, -0.2) is 0 Å². The standard InChI is InChI=1S/C48H78O11/c1-13-32-26(5)28(7)37(50)41(54-32)57-38-30(9)34(15-3)56-43(40(38)58-42-39(53-31(10)49)29(8)27(6)33(14-2)55-42)59-48-22-18-36-45(11)19-16-20-46(12,44(51)52)35(45)17-21-47(36,24-48)23-25(48)4/h26-30,32-43,50H,4,13-24H2,1-3,5-12H3,(H,51,52)/t26?,27?,28?,29?,30?,32?,33?,34?,35-,36-,37?,38?,39?,40?,41?,42?,43?,45+,46+,47+,48-/m0/s1. The van der Waals surface area contributed by atoms with Crippen molar-refractivity contribution in [2.75, 3.05) is 0 Å². The van der Waals surface area contributed by atoms with Crippen molar-refractivity contribution < 1.29 is 53.0 Å². The molecule has 3 heterocycles. The van der Waals surface area contributed by atoms with Crippen LogP contribution in [-0.2, 0) is 42.7 Å². The quantitative estimate of drug-likeness (QED) is 0.117. The van der Waals surface area contributed by atoms with Gasteiger partial charge in [0.25, 0.3) is 0 Å². The maximum Gasteiger partial charge on any atom is 0.309 e. The zero-order valence-corrected chi connectivity index (χ0v) is 38.1. The Labute approximate surface area is 354 Å². The van der Waals surface area contributed by atoms with Crippen molar-refractivity contribution in [2.45, 2.75) is 220 Å². The SMILES string of the molecule is C=C1C[C@@]23CC[C@H]4[C@@](C)(CCC[C@@]4(C)C(=O)O)[C@@H]2CC[C@]1(OC1OC(CC)C(C)C(OC2OC(CC)C(C)C(C)C2O)C1OC1OC(CC)C(C)C(C)C1OC(C)=O)C3. The summed E-state index contributed by atoms with van der Waals surface area (Å²) in [7, 11) is 0. The number of hydrogen-bond acceptors (Lipinski definition) is 10. The number of fused-ring (bicyclic) bond motifs is 3. The summed E-state index contributed by atoms with van der Waals surface area (Å²) in [5.41, 5.74) is -0.421. The third-order valence-corrected chi connectivity index (χ3v) is 18.1. The first-order chi connectivity index (χ1) is 27.8. The molecule has 0 radical (unpaired) electrons. The van der Waals surface area contributed by atoms with E-state index in [9.17, 15) is 19.8 Å². The lowest BCUT2D eigenvalue weighted by Gasteiger charge is -2.64. The van der Waals surface area contributed by atoms with Crippen molar-refractivity contribution in [1.29, 1.82) is 0 Å². The van der Waals surface area contributed by atoms with Crippen LogP contribution in [0.25, 0.3) is 0 Å². The van der Waals surface area contributed by atoms with Gasteiger partial charge in [-0.1, -0.05) is 75.3 Å². The molecule has 2 N–H and O–H groups in total. The molecule has 4 saturated carbocycles. The molecule has 3 aliphatic heterocycles. The van der Waals surface area contributed by atoms with Gasteiger partial charge in [0.15, 0.2) is 25.0 Å². The molecular weight excluding hydrogens is 753 g/mol. The number of aliphatic hydroxyl groups is 1. The first kappa shape index (κ1) is 45.4. The van der Waals surface area contributed by atoms with Crippen LogP contribution < -0.4 is 0 Å². The van der Waals surface area contributed by atoms with Crippen molar-refractivity contribution in [3.8, 4) is 0 Å². The fourth-order valence-corrected chi connectivity index (χ4v) is 14.3. The van der Waals surface area contributed by atoms with E-state index in [0.717, 1.165) is 76.2 Å². The Morgan fingerprint density at radius 2 is 1.31 bits per heavy atom. The summed E-state index contributed by atoms with van der Waals surface area (Å²) in [6, 6.07) is 0. The smallest absolute Gasteiger partial charge is 0.309 e. The van der Waals surface area contributed by atoms with E-state index in [1.54, 1.807) is 0 Å². The van der Waals surface area contributed by atoms with Gasteiger partial charge in [-0.15, -0.1) is 0 Å². The van der Waals surface area contributed by atoms with E-state index in [-0.39, 0.29) is 64.6 Å². The number of esters is 1. The minimum atomic E-state index is -0.915. The Bertz CT molecular complexity index is 1550. The fourth-order valence-electron chi connectivity index (χ4n) is 14.3. The molecular formula is C48H78O11. The van der Waals surface area contributed by atoms with Crippen LogP contribution in [0.2, 0.25) is 0 Å². The van der Waals surface area contributed by atoms with E-state index in [1.807, 2.05) is 6.92 Å². The summed E-state index contributed by atoms with van der Waals surface area (Å²) in [6.45, 7) is 27.4. The average Bonchev–Trinajstić information content (AvgIpc) is 3.39. The van der Waals surface area contributed by atoms with Gasteiger partial charge in [-0.05, 0) is 124 Å². The van der Waals surface area contributed by atoms with Crippen molar-refractivity contribution in [2.24, 2.45) is 57.7 Å². The number of aliphatic carboxylic acids is 1. The van der Waals surface area contributed by atoms with E-state index in [0.29, 0.717) is 12.3 Å². The van der Waals surface area contributed by atoms with Crippen molar-refractivity contribution in [3.05, 3.63) is 12.2 Å². The Hall–Kier alpha value is -1.60. The maximum absolute atomic E-state index is 12.8. The molecule has 11 heteroatoms. The van der Waals surface area contributed by atoms with Crippen LogP contribution in [0.5, 0.6) is 0 Å². The molecule has 0 amide bonds. The molecule has 15 unspecified atom stereocenters. The second-order valence-electron chi connectivity index (χ2n) is 21.1. The highest BCUT2D eigenvalue weighted by molar-refractivity contribution is 5.75. The van der Waals surface area contributed by atoms with Crippen LogP contribution in [0, 0.1) is 57.7 Å². The number of rotatable bonds is 11. The minimum absolute atomic E-state index is 0.0371. The molecule has 7 rings (SSSR count). The first-order valence-corrected chi connectivity index (χ1v) is 23.5. The minimum Gasteiger partial charge on any atom is -0.481 e. The topological polar surface area (TPSA) is 139 Å². The van der Waals surface area contributed by atoms with Gasteiger partial charge in [-0.3, -0.25) is 9.59 Å². The summed E-state index contributed by atoms with van der Waals surface area (Å²) in [5, 5.41) is 22.2. The van der Waals surface area contributed by atoms with Crippen LogP contribution in [0.4, 0.5) is 0 Å². The molecule has 59 heavy (non-hydrogen) atoms. The predicted molar refractivity (Wildman–Crippen MR) is 222 cm³/mol. The molecule has 1 spiro atoms. The van der Waals surface area contributed by atoms with Crippen LogP contribution in [0.3, 0.4) is 0 Å². The Balaban J connectivity index is 1.24. The fraction of sp³-hybridized carbons (Fsp3) is 0.917. The molecule has 0 aromatic carbocycles. The zero-order chi connectivity index (χ0) is 43.0. The van der Waals surface area contributed by atoms with E-state index >= 15 is 0 Å². The normalized spacial score (nSPS) is 52.3. The Morgan fingerprint density at radius 1 is 0.729 bits per heavy atom. The Morgan fingerprint density at radius 3 is 1.93 bits per heavy atom. The van der Waals surface area contributed by atoms with E-state index in [4.69, 9.17) is 39.7 Å². The molecule has 0 aromatic heterocycles. The molecule has 4 aliphatic carbocycles. The number of carboxylic acid groups (broad SMARTS) is 1. The summed E-state index contributed by atoms with van der Waals surface area (Å²) >= 11 is 0. The van der Waals surface area contributed by atoms with Gasteiger partial charge in [0.1, 0.15) is 12.2 Å². The Kier molecular flexibility index (Phi) is 13.0. The van der Waals surface area contributed by atoms with Crippen molar-refractivity contribution in [3.63, 3.8) is 0 Å². The van der Waals surface area contributed by atoms with Crippen LogP contribution in [0.15, 0.2) is 12.2 Å². The molecule has 336 valence electrons. The molecule has 7 fully saturated rings. The maximum atomic E-state index is 12.8. The van der Waals surface area contributed by atoms with Gasteiger partial charge in [0, 0.05) is 18.8 Å². The second-order valence-corrected chi connectivity index (χ2v) is 21.1. The van der Waals surface area contributed by atoms with E-state index in [1.165, 1.54) is 6.92 Å².